The molecule has 8 nitrogen and oxygen atoms in total. The fourth-order valence-corrected chi connectivity index (χ4v) is 3.22. The predicted molar refractivity (Wildman–Crippen MR) is 102 cm³/mol. The number of rotatable bonds is 5. The summed E-state index contributed by atoms with van der Waals surface area (Å²) < 4.78 is 16.5. The van der Waals surface area contributed by atoms with Crippen LogP contribution in [-0.4, -0.2) is 35.8 Å². The van der Waals surface area contributed by atoms with E-state index < -0.39 is 5.25 Å². The summed E-state index contributed by atoms with van der Waals surface area (Å²) in [5.41, 5.74) is 2.62. The van der Waals surface area contributed by atoms with E-state index in [-0.39, 0.29) is 11.7 Å². The van der Waals surface area contributed by atoms with Gasteiger partial charge in [0.15, 0.2) is 0 Å². The van der Waals surface area contributed by atoms with Crippen LogP contribution in [0.15, 0.2) is 29.4 Å². The SMILES string of the molecule is Cc1cc(C)n(-c2nnc(S[C@@H](C)C(=O)Nc3ccc(C)c(F)c3)n2N)n1. The number of amides is 1. The molecule has 0 aliphatic carbocycles. The highest BCUT2D eigenvalue weighted by Crippen LogP contribution is 2.23. The quantitative estimate of drug-likeness (QED) is 0.513. The molecule has 0 unspecified atom stereocenters. The molecule has 1 aromatic carbocycles. The Morgan fingerprint density at radius 2 is 2.00 bits per heavy atom. The smallest absolute Gasteiger partial charge is 0.271 e. The number of hydrogen-bond acceptors (Lipinski definition) is 6. The average molecular weight is 389 g/mol. The van der Waals surface area contributed by atoms with Crippen LogP contribution >= 0.6 is 11.8 Å². The summed E-state index contributed by atoms with van der Waals surface area (Å²) >= 11 is 1.15. The molecule has 3 N–H and O–H groups in total. The first-order chi connectivity index (χ1) is 12.8. The molecule has 27 heavy (non-hydrogen) atoms. The van der Waals surface area contributed by atoms with E-state index in [4.69, 9.17) is 5.84 Å². The molecule has 1 amide bonds. The van der Waals surface area contributed by atoms with Crippen molar-refractivity contribution in [1.82, 2.24) is 24.7 Å². The highest BCUT2D eigenvalue weighted by molar-refractivity contribution is 8.00. The molecule has 3 aromatic rings. The number of aryl methyl sites for hydroxylation is 3. The number of anilines is 1. The van der Waals surface area contributed by atoms with Gasteiger partial charge in [0.25, 0.3) is 5.95 Å². The number of nitrogen functional groups attached to an aromatic ring is 1. The van der Waals surface area contributed by atoms with E-state index in [2.05, 4.69) is 20.6 Å². The molecule has 2 aromatic heterocycles. The van der Waals surface area contributed by atoms with Crippen molar-refractivity contribution >= 4 is 23.4 Å². The Kier molecular flexibility index (Phi) is 5.17. The van der Waals surface area contributed by atoms with Crippen molar-refractivity contribution in [2.45, 2.75) is 38.1 Å². The van der Waals surface area contributed by atoms with Crippen molar-refractivity contribution in [2.75, 3.05) is 11.2 Å². The van der Waals surface area contributed by atoms with Crippen LogP contribution in [0.2, 0.25) is 0 Å². The van der Waals surface area contributed by atoms with E-state index in [1.807, 2.05) is 19.9 Å². The summed E-state index contributed by atoms with van der Waals surface area (Å²) in [5, 5.41) is 15.0. The number of aromatic nitrogens is 5. The second-order valence-electron chi connectivity index (χ2n) is 6.20. The van der Waals surface area contributed by atoms with Crippen LogP contribution < -0.4 is 11.2 Å². The Balaban J connectivity index is 1.72. The molecule has 0 spiro atoms. The van der Waals surface area contributed by atoms with Gasteiger partial charge in [0.1, 0.15) is 5.82 Å². The van der Waals surface area contributed by atoms with Crippen molar-refractivity contribution in [2.24, 2.45) is 0 Å². The van der Waals surface area contributed by atoms with Crippen LogP contribution in [0.5, 0.6) is 0 Å². The van der Waals surface area contributed by atoms with Crippen LogP contribution in [0.25, 0.3) is 5.95 Å². The molecule has 3 rings (SSSR count). The van der Waals surface area contributed by atoms with Gasteiger partial charge in [-0.25, -0.2) is 13.7 Å². The summed E-state index contributed by atoms with van der Waals surface area (Å²) in [7, 11) is 0. The maximum absolute atomic E-state index is 13.6. The maximum Gasteiger partial charge on any atom is 0.271 e. The standard InChI is InChI=1S/C17H20FN7OS/c1-9-5-6-13(8-14(9)18)20-15(26)12(4)27-17-22-21-16(24(17)19)25-11(3)7-10(2)23-25/h5-8,12H,19H2,1-4H3,(H,20,26)/t12-/m0/s1. The topological polar surface area (TPSA) is 104 Å². The zero-order chi connectivity index (χ0) is 19.7. The number of halogens is 1. The Bertz CT molecular complexity index is 997. The van der Waals surface area contributed by atoms with E-state index in [1.165, 1.54) is 10.7 Å². The second kappa shape index (κ2) is 7.39. The number of nitrogens with zero attached hydrogens (tertiary/aromatic N) is 5. The summed E-state index contributed by atoms with van der Waals surface area (Å²) in [4.78, 5) is 12.4. The van der Waals surface area contributed by atoms with Crippen molar-refractivity contribution in [3.63, 3.8) is 0 Å². The van der Waals surface area contributed by atoms with E-state index in [0.717, 1.165) is 23.1 Å². The number of nitrogens with two attached hydrogens (primary N) is 1. The van der Waals surface area contributed by atoms with Crippen molar-refractivity contribution < 1.29 is 9.18 Å². The fourth-order valence-electron chi connectivity index (χ4n) is 2.45. The first-order valence-electron chi connectivity index (χ1n) is 8.24. The van der Waals surface area contributed by atoms with Gasteiger partial charge < -0.3 is 11.2 Å². The zero-order valence-corrected chi connectivity index (χ0v) is 16.2. The Morgan fingerprint density at radius 1 is 1.26 bits per heavy atom. The summed E-state index contributed by atoms with van der Waals surface area (Å²) in [6.45, 7) is 7.13. The Hall–Kier alpha value is -2.88. The molecule has 1 atom stereocenters. The van der Waals surface area contributed by atoms with Crippen molar-refractivity contribution in [3.05, 3.63) is 47.0 Å². The lowest BCUT2D eigenvalue weighted by atomic mass is 10.2. The predicted octanol–water partition coefficient (Wildman–Crippen LogP) is 2.36. The van der Waals surface area contributed by atoms with Crippen LogP contribution in [0.3, 0.4) is 0 Å². The molecular weight excluding hydrogens is 369 g/mol. The largest absolute Gasteiger partial charge is 0.334 e. The fraction of sp³-hybridized carbons (Fsp3) is 0.294. The van der Waals surface area contributed by atoms with Gasteiger partial charge >= 0.3 is 0 Å². The third-order valence-electron chi connectivity index (χ3n) is 3.94. The third-order valence-corrected chi connectivity index (χ3v) is 4.99. The minimum absolute atomic E-state index is 0.293. The van der Waals surface area contributed by atoms with Crippen LogP contribution in [0, 0.1) is 26.6 Å². The molecule has 142 valence electrons. The average Bonchev–Trinajstić information content (AvgIpc) is 3.12. The van der Waals surface area contributed by atoms with Gasteiger partial charge in [0.2, 0.25) is 11.1 Å². The van der Waals surface area contributed by atoms with Gasteiger partial charge in [-0.05, 0) is 51.5 Å². The van der Waals surface area contributed by atoms with Crippen LogP contribution in [0.4, 0.5) is 10.1 Å². The van der Waals surface area contributed by atoms with Crippen LogP contribution in [-0.2, 0) is 4.79 Å². The van der Waals surface area contributed by atoms with E-state index >= 15 is 0 Å². The summed E-state index contributed by atoms with van der Waals surface area (Å²) in [5.74, 6) is 5.77. The molecule has 0 bridgehead atoms. The zero-order valence-electron chi connectivity index (χ0n) is 15.4. The Labute approximate surface area is 159 Å². The number of thioether (sulfide) groups is 1. The lowest BCUT2D eigenvalue weighted by molar-refractivity contribution is -0.115. The number of benzene rings is 1. The van der Waals surface area contributed by atoms with Gasteiger partial charge in [0.05, 0.1) is 10.9 Å². The first kappa shape index (κ1) is 18.9. The lowest BCUT2D eigenvalue weighted by Crippen LogP contribution is -2.24. The number of nitrogens with one attached hydrogen (secondary N) is 1. The van der Waals surface area contributed by atoms with Crippen LogP contribution in [0.1, 0.15) is 23.9 Å². The van der Waals surface area contributed by atoms with Gasteiger partial charge in [-0.3, -0.25) is 4.79 Å². The minimum Gasteiger partial charge on any atom is -0.334 e. The van der Waals surface area contributed by atoms with Crippen molar-refractivity contribution in [3.8, 4) is 5.95 Å². The highest BCUT2D eigenvalue weighted by Gasteiger charge is 2.21. The van der Waals surface area contributed by atoms with Gasteiger partial charge in [0, 0.05) is 11.4 Å². The summed E-state index contributed by atoms with van der Waals surface area (Å²) in [6.07, 6.45) is 0. The molecule has 0 radical (unpaired) electrons. The molecule has 10 heteroatoms. The minimum atomic E-state index is -0.519. The second-order valence-corrected chi connectivity index (χ2v) is 7.51. The molecule has 2 heterocycles. The monoisotopic (exact) mass is 389 g/mol. The molecule has 0 aliphatic heterocycles. The molecule has 0 fully saturated rings. The summed E-state index contributed by atoms with van der Waals surface area (Å²) in [6, 6.07) is 6.45. The van der Waals surface area contributed by atoms with Gasteiger partial charge in [-0.15, -0.1) is 10.2 Å². The number of carbonyl (C=O) groups excluding carboxylic acids is 1. The van der Waals surface area contributed by atoms with Crippen molar-refractivity contribution in [1.29, 1.82) is 0 Å². The third kappa shape index (κ3) is 3.95. The lowest BCUT2D eigenvalue weighted by Gasteiger charge is -2.12. The van der Waals surface area contributed by atoms with E-state index in [1.54, 1.807) is 30.7 Å². The molecule has 0 aliphatic rings. The molecule has 0 saturated carbocycles. The highest BCUT2D eigenvalue weighted by atomic mass is 32.2. The molecular formula is C17H20FN7OS. The first-order valence-corrected chi connectivity index (χ1v) is 9.12. The normalized spacial score (nSPS) is 12.2. The van der Waals surface area contributed by atoms with Gasteiger partial charge in [-0.2, -0.15) is 5.10 Å². The maximum atomic E-state index is 13.6. The molecule has 0 saturated heterocycles. The van der Waals surface area contributed by atoms with E-state index in [0.29, 0.717) is 22.4 Å². The van der Waals surface area contributed by atoms with E-state index in [9.17, 15) is 9.18 Å². The van der Waals surface area contributed by atoms with Gasteiger partial charge in [-0.1, -0.05) is 17.8 Å². The number of carbonyl (C=O) groups is 1. The number of hydrogen-bond donors (Lipinski definition) is 2. The Morgan fingerprint density at radius 3 is 2.63 bits per heavy atom.